The minimum absolute atomic E-state index is 0.0670. The van der Waals surface area contributed by atoms with Gasteiger partial charge in [0.1, 0.15) is 17.1 Å². The number of aromatic hydroxyl groups is 1. The predicted molar refractivity (Wildman–Crippen MR) is 94.6 cm³/mol. The maximum atomic E-state index is 9.77. The zero-order valence-corrected chi connectivity index (χ0v) is 14.9. The van der Waals surface area contributed by atoms with Gasteiger partial charge < -0.3 is 9.84 Å². The van der Waals surface area contributed by atoms with E-state index in [1.54, 1.807) is 6.07 Å². The van der Waals surface area contributed by atoms with Crippen LogP contribution < -0.4 is 4.74 Å². The van der Waals surface area contributed by atoms with Gasteiger partial charge in [0.15, 0.2) is 0 Å². The highest BCUT2D eigenvalue weighted by Crippen LogP contribution is 2.37. The Morgan fingerprint density at radius 2 is 1.82 bits per heavy atom. The average molecular weight is 302 g/mol. The number of benzene rings is 1. The molecule has 0 aliphatic carbocycles. The molecule has 0 aliphatic rings. The Morgan fingerprint density at radius 1 is 1.18 bits per heavy atom. The van der Waals surface area contributed by atoms with Gasteiger partial charge in [0.2, 0.25) is 0 Å². The molecule has 0 heterocycles. The quantitative estimate of drug-likeness (QED) is 0.653. The molecule has 1 aromatic carbocycles. The van der Waals surface area contributed by atoms with Crippen molar-refractivity contribution in [3.8, 4) is 11.5 Å². The Labute approximate surface area is 135 Å². The second kappa shape index (κ2) is 7.04. The van der Waals surface area contributed by atoms with Crippen LogP contribution >= 0.6 is 0 Å². The average Bonchev–Trinajstić information content (AvgIpc) is 2.42. The highest BCUT2D eigenvalue weighted by molar-refractivity contribution is 5.44. The molecule has 0 aromatic heterocycles. The number of hydrogen-bond acceptors (Lipinski definition) is 2. The molecule has 2 nitrogen and oxygen atoms in total. The monoisotopic (exact) mass is 302 g/mol. The Hall–Kier alpha value is -1.70. The van der Waals surface area contributed by atoms with E-state index >= 15 is 0 Å². The Kier molecular flexibility index (Phi) is 5.87. The van der Waals surface area contributed by atoms with Gasteiger partial charge in [-0.05, 0) is 69.2 Å². The van der Waals surface area contributed by atoms with Gasteiger partial charge in [0.25, 0.3) is 0 Å². The van der Waals surface area contributed by atoms with Crippen LogP contribution in [0.2, 0.25) is 0 Å². The SMILES string of the molecule is C=C/C=C/C(C)(CC)CC(C)(C)Oc1cc(C)c(O)cc1C. The van der Waals surface area contributed by atoms with E-state index in [1.165, 1.54) is 0 Å². The summed E-state index contributed by atoms with van der Waals surface area (Å²) in [5.41, 5.74) is 1.55. The molecular weight excluding hydrogens is 272 g/mol. The minimum atomic E-state index is -0.301. The van der Waals surface area contributed by atoms with E-state index in [1.807, 2.05) is 32.1 Å². The second-order valence-electron chi connectivity index (χ2n) is 7.05. The normalized spacial score (nSPS) is 14.8. The first-order valence-electron chi connectivity index (χ1n) is 7.92. The molecule has 0 fully saturated rings. The Morgan fingerprint density at radius 3 is 2.36 bits per heavy atom. The zero-order valence-electron chi connectivity index (χ0n) is 14.9. The molecule has 0 saturated carbocycles. The van der Waals surface area contributed by atoms with Crippen LogP contribution in [0.5, 0.6) is 11.5 Å². The van der Waals surface area contributed by atoms with Gasteiger partial charge in [0.05, 0.1) is 0 Å². The van der Waals surface area contributed by atoms with E-state index in [9.17, 15) is 5.11 Å². The fourth-order valence-electron chi connectivity index (χ4n) is 2.79. The lowest BCUT2D eigenvalue weighted by Gasteiger charge is -2.36. The Balaban J connectivity index is 2.98. The molecule has 0 spiro atoms. The van der Waals surface area contributed by atoms with E-state index in [-0.39, 0.29) is 11.0 Å². The van der Waals surface area contributed by atoms with Crippen molar-refractivity contribution >= 4 is 0 Å². The van der Waals surface area contributed by atoms with E-state index in [2.05, 4.69) is 40.3 Å². The third-order valence-electron chi connectivity index (χ3n) is 4.15. The number of hydrogen-bond donors (Lipinski definition) is 1. The summed E-state index contributed by atoms with van der Waals surface area (Å²) < 4.78 is 6.28. The van der Waals surface area contributed by atoms with Crippen LogP contribution in [0, 0.1) is 19.3 Å². The fraction of sp³-hybridized carbons (Fsp3) is 0.500. The lowest BCUT2D eigenvalue weighted by Crippen LogP contribution is -2.35. The predicted octanol–water partition coefficient (Wildman–Crippen LogP) is 5.72. The first kappa shape index (κ1) is 18.3. The lowest BCUT2D eigenvalue weighted by molar-refractivity contribution is 0.0631. The van der Waals surface area contributed by atoms with Crippen LogP contribution in [-0.2, 0) is 0 Å². The maximum Gasteiger partial charge on any atom is 0.123 e. The standard InChI is InChI=1S/C20H30O2/c1-8-10-11-20(7,9-2)14-19(5,6)22-18-13-15(3)17(21)12-16(18)4/h8,10-13,21H,1,9,14H2,2-7H3/b11-10+. The highest BCUT2D eigenvalue weighted by atomic mass is 16.5. The van der Waals surface area contributed by atoms with E-state index < -0.39 is 0 Å². The van der Waals surface area contributed by atoms with Gasteiger partial charge in [-0.1, -0.05) is 38.7 Å². The number of phenolic OH excluding ortho intramolecular Hbond substituents is 1. The smallest absolute Gasteiger partial charge is 0.123 e. The molecule has 0 saturated heterocycles. The van der Waals surface area contributed by atoms with Gasteiger partial charge >= 0.3 is 0 Å². The molecule has 1 aromatic rings. The minimum Gasteiger partial charge on any atom is -0.508 e. The molecule has 1 N–H and O–H groups in total. The zero-order chi connectivity index (χ0) is 17.0. The molecule has 0 radical (unpaired) electrons. The number of allylic oxidation sites excluding steroid dienone is 3. The van der Waals surface area contributed by atoms with Gasteiger partial charge in [-0.15, -0.1) is 0 Å². The molecule has 0 bridgehead atoms. The number of ether oxygens (including phenoxy) is 1. The summed E-state index contributed by atoms with van der Waals surface area (Å²) >= 11 is 0. The van der Waals surface area contributed by atoms with Crippen molar-refractivity contribution in [2.45, 2.75) is 60.0 Å². The third-order valence-corrected chi connectivity index (χ3v) is 4.15. The van der Waals surface area contributed by atoms with E-state index in [0.717, 1.165) is 29.7 Å². The van der Waals surface area contributed by atoms with Gasteiger partial charge in [-0.25, -0.2) is 0 Å². The molecule has 22 heavy (non-hydrogen) atoms. The van der Waals surface area contributed by atoms with Gasteiger partial charge in [-0.2, -0.15) is 0 Å². The van der Waals surface area contributed by atoms with Crippen molar-refractivity contribution in [2.24, 2.45) is 5.41 Å². The second-order valence-corrected chi connectivity index (χ2v) is 7.05. The van der Waals surface area contributed by atoms with Crippen LogP contribution in [0.15, 0.2) is 36.9 Å². The molecule has 1 unspecified atom stereocenters. The first-order chi connectivity index (χ1) is 10.1. The topological polar surface area (TPSA) is 29.5 Å². The first-order valence-corrected chi connectivity index (χ1v) is 7.92. The van der Waals surface area contributed by atoms with Crippen molar-refractivity contribution in [1.29, 1.82) is 0 Å². The van der Waals surface area contributed by atoms with Gasteiger partial charge in [-0.3, -0.25) is 0 Å². The van der Waals surface area contributed by atoms with Crippen LogP contribution in [0.25, 0.3) is 0 Å². The van der Waals surface area contributed by atoms with Gasteiger partial charge in [0, 0.05) is 0 Å². The van der Waals surface area contributed by atoms with Crippen molar-refractivity contribution in [3.05, 3.63) is 48.1 Å². The number of aryl methyl sites for hydroxylation is 2. The summed E-state index contributed by atoms with van der Waals surface area (Å²) in [7, 11) is 0. The van der Waals surface area contributed by atoms with Crippen LogP contribution in [0.1, 0.15) is 51.7 Å². The van der Waals surface area contributed by atoms with Crippen LogP contribution in [0.3, 0.4) is 0 Å². The highest BCUT2D eigenvalue weighted by Gasteiger charge is 2.31. The molecule has 0 aliphatic heterocycles. The molecule has 122 valence electrons. The van der Waals surface area contributed by atoms with Crippen molar-refractivity contribution in [1.82, 2.24) is 0 Å². The fourth-order valence-corrected chi connectivity index (χ4v) is 2.79. The van der Waals surface area contributed by atoms with E-state index in [4.69, 9.17) is 4.74 Å². The molecule has 1 rings (SSSR count). The third kappa shape index (κ3) is 4.94. The van der Waals surface area contributed by atoms with Crippen molar-refractivity contribution in [3.63, 3.8) is 0 Å². The summed E-state index contributed by atoms with van der Waals surface area (Å²) in [6.07, 6.45) is 7.97. The molecule has 0 amide bonds. The van der Waals surface area contributed by atoms with Crippen LogP contribution in [0.4, 0.5) is 0 Å². The summed E-state index contributed by atoms with van der Waals surface area (Å²) in [6, 6.07) is 3.67. The lowest BCUT2D eigenvalue weighted by atomic mass is 9.77. The summed E-state index contributed by atoms with van der Waals surface area (Å²) in [6.45, 7) is 16.3. The number of rotatable bonds is 7. The Bertz CT molecular complexity index is 555. The summed E-state index contributed by atoms with van der Waals surface area (Å²) in [5.74, 6) is 1.15. The van der Waals surface area contributed by atoms with Crippen molar-refractivity contribution < 1.29 is 9.84 Å². The number of phenols is 1. The van der Waals surface area contributed by atoms with Crippen LogP contribution in [-0.4, -0.2) is 10.7 Å². The van der Waals surface area contributed by atoms with E-state index in [0.29, 0.717) is 5.75 Å². The summed E-state index contributed by atoms with van der Waals surface area (Å²) in [4.78, 5) is 0. The molecular formula is C20H30O2. The molecule has 1 atom stereocenters. The molecule has 2 heteroatoms. The largest absolute Gasteiger partial charge is 0.508 e. The van der Waals surface area contributed by atoms with Crippen molar-refractivity contribution in [2.75, 3.05) is 0 Å². The summed E-state index contributed by atoms with van der Waals surface area (Å²) in [5, 5.41) is 9.77. The maximum absolute atomic E-state index is 9.77.